The van der Waals surface area contributed by atoms with Crippen molar-refractivity contribution in [3.8, 4) is 0 Å². The summed E-state index contributed by atoms with van der Waals surface area (Å²) in [6, 6.07) is 0. The van der Waals surface area contributed by atoms with Crippen molar-refractivity contribution in [2.45, 2.75) is 431 Å². The second-order valence-corrected chi connectivity index (χ2v) is 27.1. The number of aliphatic hydroxyl groups excluding tert-OH is 1. The minimum Gasteiger partial charge on any atom is -0.462 e. The van der Waals surface area contributed by atoms with Crippen molar-refractivity contribution in [1.82, 2.24) is 0 Å². The highest BCUT2D eigenvalue weighted by Gasteiger charge is 2.16. The molecule has 0 radical (unpaired) electrons. The molecule has 1 N–H and O–H groups in total. The third-order valence-electron chi connectivity index (χ3n) is 18.2. The second-order valence-electron chi connectivity index (χ2n) is 27.1. The zero-order valence-electron chi connectivity index (χ0n) is 60.4. The fraction of sp³-hybridized carbons (Fsp3) is 0.812. The molecule has 0 saturated heterocycles. The lowest BCUT2D eigenvalue weighted by Gasteiger charge is -2.15. The van der Waals surface area contributed by atoms with Gasteiger partial charge in [0.1, 0.15) is 6.61 Å². The lowest BCUT2D eigenvalue weighted by molar-refractivity contribution is -0.161. The van der Waals surface area contributed by atoms with E-state index in [1.807, 2.05) is 0 Å². The number of rotatable bonds is 75. The Morgan fingerprint density at radius 3 is 0.733 bits per heavy atom. The van der Waals surface area contributed by atoms with Crippen molar-refractivity contribution in [3.05, 3.63) is 85.1 Å². The monoisotopic (exact) mass is 1260 g/mol. The summed E-state index contributed by atoms with van der Waals surface area (Å²) in [6.07, 6.45) is 114. The van der Waals surface area contributed by atoms with E-state index in [0.29, 0.717) is 12.8 Å². The van der Waals surface area contributed by atoms with Gasteiger partial charge in [-0.05, 0) is 89.9 Å². The molecule has 0 aliphatic rings. The molecule has 0 bridgehead atoms. The van der Waals surface area contributed by atoms with Crippen molar-refractivity contribution < 1.29 is 24.2 Å². The Morgan fingerprint density at radius 1 is 0.267 bits per heavy atom. The van der Waals surface area contributed by atoms with Gasteiger partial charge < -0.3 is 14.6 Å². The third kappa shape index (κ3) is 77.5. The summed E-state index contributed by atoms with van der Waals surface area (Å²) in [5, 5.41) is 9.73. The molecule has 0 spiro atoms. The van der Waals surface area contributed by atoms with Crippen molar-refractivity contribution in [3.63, 3.8) is 0 Å². The van der Waals surface area contributed by atoms with E-state index in [0.717, 1.165) is 77.0 Å². The van der Waals surface area contributed by atoms with Gasteiger partial charge in [0, 0.05) is 12.8 Å². The van der Waals surface area contributed by atoms with Crippen LogP contribution in [-0.2, 0) is 19.1 Å². The zero-order valence-corrected chi connectivity index (χ0v) is 60.4. The van der Waals surface area contributed by atoms with E-state index in [9.17, 15) is 14.7 Å². The van der Waals surface area contributed by atoms with Crippen molar-refractivity contribution >= 4 is 11.9 Å². The van der Waals surface area contributed by atoms with Crippen LogP contribution in [0.4, 0.5) is 0 Å². The minimum atomic E-state index is -0.773. The average Bonchev–Trinajstić information content (AvgIpc) is 3.59. The quantitative estimate of drug-likeness (QED) is 0.0373. The fourth-order valence-electron chi connectivity index (χ4n) is 12.2. The lowest BCUT2D eigenvalue weighted by atomic mass is 10.0. The first-order valence-corrected chi connectivity index (χ1v) is 40.1. The van der Waals surface area contributed by atoms with Gasteiger partial charge in [0.15, 0.2) is 6.10 Å². The number of allylic oxidation sites excluding steroid dienone is 14. The topological polar surface area (TPSA) is 72.8 Å². The van der Waals surface area contributed by atoms with E-state index in [4.69, 9.17) is 9.47 Å². The van der Waals surface area contributed by atoms with Gasteiger partial charge in [-0.15, -0.1) is 0 Å². The molecule has 5 nitrogen and oxygen atoms in total. The summed E-state index contributed by atoms with van der Waals surface area (Å²) in [7, 11) is 0. The molecule has 0 aromatic heterocycles. The van der Waals surface area contributed by atoms with Gasteiger partial charge in [0.2, 0.25) is 0 Å². The van der Waals surface area contributed by atoms with Gasteiger partial charge >= 0.3 is 11.9 Å². The van der Waals surface area contributed by atoms with Crippen LogP contribution in [0.1, 0.15) is 425 Å². The van der Waals surface area contributed by atoms with Crippen LogP contribution in [0.2, 0.25) is 0 Å². The molecule has 1 unspecified atom stereocenters. The molecular formula is C85H154O5. The Balaban J connectivity index is 3.39. The largest absolute Gasteiger partial charge is 0.462 e. The molecule has 0 aromatic rings. The molecule has 0 heterocycles. The molecule has 0 aliphatic heterocycles. The number of ether oxygens (including phenoxy) is 2. The molecule has 0 rings (SSSR count). The fourth-order valence-corrected chi connectivity index (χ4v) is 12.2. The molecule has 524 valence electrons. The summed E-state index contributed by atoms with van der Waals surface area (Å²) in [4.78, 5) is 24.7. The van der Waals surface area contributed by atoms with Gasteiger partial charge in [-0.25, -0.2) is 0 Å². The van der Waals surface area contributed by atoms with E-state index in [-0.39, 0.29) is 25.2 Å². The summed E-state index contributed by atoms with van der Waals surface area (Å²) in [5.74, 6) is -0.567. The van der Waals surface area contributed by atoms with Crippen LogP contribution in [0, 0.1) is 0 Å². The molecule has 5 heteroatoms. The number of hydrogen-bond acceptors (Lipinski definition) is 5. The Labute approximate surface area is 562 Å². The highest BCUT2D eigenvalue weighted by atomic mass is 16.6. The number of hydrogen-bond donors (Lipinski definition) is 1. The van der Waals surface area contributed by atoms with E-state index in [2.05, 4.69) is 98.9 Å². The average molecular weight is 1260 g/mol. The predicted molar refractivity (Wildman–Crippen MR) is 399 cm³/mol. The SMILES string of the molecule is CC/C=C\C/C=C\C/C=C\C/C=C\C/C=C\C/C=C\CCCCCCCCCCCCCCCCCCCCCCC(=O)OC(CO)COC(=O)CCCCCCCCCCCCCCCCCCCCCCCCCCC/C=C\CCCCCCCCCC. The summed E-state index contributed by atoms with van der Waals surface area (Å²) < 4.78 is 10.8. The number of aliphatic hydroxyl groups is 1. The molecular weight excluding hydrogens is 1100 g/mol. The number of esters is 2. The lowest BCUT2D eigenvalue weighted by Crippen LogP contribution is -2.28. The maximum Gasteiger partial charge on any atom is 0.306 e. The Hall–Kier alpha value is -2.92. The molecule has 1 atom stereocenters. The van der Waals surface area contributed by atoms with E-state index >= 15 is 0 Å². The molecule has 0 fully saturated rings. The number of carbonyl (C=O) groups is 2. The standard InChI is InChI=1S/C85H154O5/c1-3-5-7-9-11-13-15-17-19-21-23-25-27-29-31-33-35-37-39-41-42-44-46-48-50-52-54-56-58-60-62-64-66-68-70-72-74-76-78-80-85(88)90-83(81-86)82-89-84(87)79-77-75-73-71-69-67-65-63-61-59-57-55-53-51-49-47-45-43-40-38-36-34-32-30-28-26-24-22-20-18-16-14-12-10-8-6-4-2/h5,7,11,13,17,19,22-25,29,31,35,37,83,86H,3-4,6,8-10,12,14-16,18,20-21,26-28,30,32-34,36,38-82H2,1-2H3/b7-5-,13-11-,19-17-,24-22-,25-23-,31-29-,37-35-. The van der Waals surface area contributed by atoms with Gasteiger partial charge in [-0.2, -0.15) is 0 Å². The van der Waals surface area contributed by atoms with Crippen LogP contribution < -0.4 is 0 Å². The number of unbranched alkanes of at least 4 members (excludes halogenated alkanes) is 53. The predicted octanol–water partition coefficient (Wildman–Crippen LogP) is 28.3. The van der Waals surface area contributed by atoms with Crippen LogP contribution in [0.15, 0.2) is 85.1 Å². The van der Waals surface area contributed by atoms with Crippen LogP contribution in [0.3, 0.4) is 0 Å². The van der Waals surface area contributed by atoms with Crippen molar-refractivity contribution in [2.24, 2.45) is 0 Å². The first-order chi connectivity index (χ1) is 44.6. The van der Waals surface area contributed by atoms with Crippen LogP contribution in [0.25, 0.3) is 0 Å². The minimum absolute atomic E-state index is 0.0613. The first kappa shape index (κ1) is 87.1. The Kier molecular flexibility index (Phi) is 77.7. The van der Waals surface area contributed by atoms with Gasteiger partial charge in [0.05, 0.1) is 6.61 Å². The van der Waals surface area contributed by atoms with Gasteiger partial charge in [-0.3, -0.25) is 9.59 Å². The van der Waals surface area contributed by atoms with Crippen LogP contribution in [0.5, 0.6) is 0 Å². The summed E-state index contributed by atoms with van der Waals surface area (Å²) in [6.45, 7) is 4.08. The molecule has 90 heavy (non-hydrogen) atoms. The van der Waals surface area contributed by atoms with Gasteiger partial charge in [-0.1, -0.05) is 407 Å². The van der Waals surface area contributed by atoms with E-state index in [1.54, 1.807) is 0 Å². The maximum absolute atomic E-state index is 12.4. The molecule has 0 saturated carbocycles. The third-order valence-corrected chi connectivity index (χ3v) is 18.2. The van der Waals surface area contributed by atoms with E-state index < -0.39 is 6.10 Å². The van der Waals surface area contributed by atoms with Gasteiger partial charge in [0.25, 0.3) is 0 Å². The highest BCUT2D eigenvalue weighted by Crippen LogP contribution is 2.20. The van der Waals surface area contributed by atoms with E-state index in [1.165, 1.54) is 321 Å². The second kappa shape index (κ2) is 80.3. The van der Waals surface area contributed by atoms with Crippen molar-refractivity contribution in [2.75, 3.05) is 13.2 Å². The normalized spacial score (nSPS) is 12.6. The first-order valence-electron chi connectivity index (χ1n) is 40.1. The Bertz CT molecular complexity index is 1620. The molecule has 0 aliphatic carbocycles. The molecule has 0 amide bonds. The van der Waals surface area contributed by atoms with Crippen LogP contribution >= 0.6 is 0 Å². The summed E-state index contributed by atoms with van der Waals surface area (Å²) >= 11 is 0. The summed E-state index contributed by atoms with van der Waals surface area (Å²) in [5.41, 5.74) is 0. The number of carbonyl (C=O) groups excluding carboxylic acids is 2. The van der Waals surface area contributed by atoms with Crippen molar-refractivity contribution in [1.29, 1.82) is 0 Å². The van der Waals surface area contributed by atoms with Crippen LogP contribution in [-0.4, -0.2) is 36.4 Å². The smallest absolute Gasteiger partial charge is 0.306 e. The Morgan fingerprint density at radius 2 is 0.478 bits per heavy atom. The maximum atomic E-state index is 12.4. The highest BCUT2D eigenvalue weighted by molar-refractivity contribution is 5.70. The zero-order chi connectivity index (χ0) is 64.7. The molecule has 0 aromatic carbocycles.